The number of likely N-dealkylation sites (tertiary alicyclic amines) is 1. The third-order valence-corrected chi connectivity index (χ3v) is 6.06. The molecule has 1 aromatic carbocycles. The molecule has 4 rings (SSSR count). The summed E-state index contributed by atoms with van der Waals surface area (Å²) in [6.45, 7) is 5.92. The van der Waals surface area contributed by atoms with Gasteiger partial charge in [-0.15, -0.1) is 0 Å². The van der Waals surface area contributed by atoms with Crippen molar-refractivity contribution >= 4 is 28.3 Å². The highest BCUT2D eigenvalue weighted by Crippen LogP contribution is 2.30. The molecule has 0 saturated carbocycles. The van der Waals surface area contributed by atoms with Crippen molar-refractivity contribution in [1.82, 2.24) is 14.5 Å². The fraction of sp³-hybridized carbons (Fsp3) is 0.400. The molecular weight excluding hydrogens is 346 g/mol. The molecule has 3 heterocycles. The van der Waals surface area contributed by atoms with E-state index in [1.807, 2.05) is 6.07 Å². The number of benzene rings is 1. The summed E-state index contributed by atoms with van der Waals surface area (Å²) >= 11 is 1.78. The Morgan fingerprint density at radius 1 is 1.31 bits per heavy atom. The molecule has 6 heteroatoms. The second-order valence-electron chi connectivity index (χ2n) is 6.89. The van der Waals surface area contributed by atoms with Gasteiger partial charge in [0.05, 0.1) is 23.1 Å². The van der Waals surface area contributed by atoms with E-state index < -0.39 is 5.97 Å². The highest BCUT2D eigenvalue weighted by molar-refractivity contribution is 7.07. The number of hydrogen-bond acceptors (Lipinski definition) is 4. The maximum absolute atomic E-state index is 11.2. The summed E-state index contributed by atoms with van der Waals surface area (Å²) in [5, 5.41) is 13.6. The molecule has 0 spiro atoms. The molecule has 0 aliphatic carbocycles. The molecule has 1 N–H and O–H groups in total. The average molecular weight is 369 g/mol. The molecule has 136 valence electrons. The van der Waals surface area contributed by atoms with Gasteiger partial charge in [-0.2, -0.15) is 11.3 Å². The van der Waals surface area contributed by atoms with E-state index in [-0.39, 0.29) is 0 Å². The van der Waals surface area contributed by atoms with Crippen molar-refractivity contribution in [2.75, 3.05) is 13.1 Å². The van der Waals surface area contributed by atoms with Crippen molar-refractivity contribution < 1.29 is 9.90 Å². The Morgan fingerprint density at radius 3 is 2.77 bits per heavy atom. The van der Waals surface area contributed by atoms with Gasteiger partial charge in [0.25, 0.3) is 0 Å². The molecule has 26 heavy (non-hydrogen) atoms. The minimum absolute atomic E-state index is 0.293. The third kappa shape index (κ3) is 3.27. The number of carboxylic acid groups (broad SMARTS) is 1. The van der Waals surface area contributed by atoms with E-state index in [0.717, 1.165) is 43.0 Å². The predicted molar refractivity (Wildman–Crippen MR) is 104 cm³/mol. The summed E-state index contributed by atoms with van der Waals surface area (Å²) in [7, 11) is 0. The number of imidazole rings is 1. The molecule has 1 aliphatic heterocycles. The molecule has 0 amide bonds. The smallest absolute Gasteiger partial charge is 0.335 e. The molecule has 0 unspecified atom stereocenters. The van der Waals surface area contributed by atoms with Crippen molar-refractivity contribution in [3.05, 3.63) is 52.0 Å². The van der Waals surface area contributed by atoms with Gasteiger partial charge in [-0.1, -0.05) is 0 Å². The van der Waals surface area contributed by atoms with Gasteiger partial charge < -0.3 is 9.67 Å². The van der Waals surface area contributed by atoms with Crippen LogP contribution in [0.2, 0.25) is 0 Å². The second-order valence-corrected chi connectivity index (χ2v) is 7.67. The number of piperidine rings is 1. The van der Waals surface area contributed by atoms with E-state index in [4.69, 9.17) is 4.98 Å². The van der Waals surface area contributed by atoms with Gasteiger partial charge in [-0.3, -0.25) is 4.90 Å². The van der Waals surface area contributed by atoms with Crippen LogP contribution in [0.3, 0.4) is 0 Å². The Hall–Kier alpha value is -2.18. The third-order valence-electron chi connectivity index (χ3n) is 5.36. The summed E-state index contributed by atoms with van der Waals surface area (Å²) in [5.74, 6) is 0.801. The van der Waals surface area contributed by atoms with Crippen LogP contribution >= 0.6 is 11.3 Å². The Morgan fingerprint density at radius 2 is 2.12 bits per heavy atom. The van der Waals surface area contributed by atoms with Crippen molar-refractivity contribution in [3.8, 4) is 0 Å². The first-order valence-electron chi connectivity index (χ1n) is 9.12. The van der Waals surface area contributed by atoms with Crippen molar-refractivity contribution in [2.24, 2.45) is 0 Å². The SMILES string of the molecule is CCn1c(CN2CCC(c3ccsc3)CC2)nc2cc(C(=O)O)ccc21. The summed E-state index contributed by atoms with van der Waals surface area (Å²) < 4.78 is 2.20. The number of fused-ring (bicyclic) bond motifs is 1. The van der Waals surface area contributed by atoms with Gasteiger partial charge in [0.15, 0.2) is 0 Å². The highest BCUT2D eigenvalue weighted by atomic mass is 32.1. The van der Waals surface area contributed by atoms with E-state index in [9.17, 15) is 9.90 Å². The number of thiophene rings is 1. The normalized spacial score (nSPS) is 16.3. The van der Waals surface area contributed by atoms with Gasteiger partial charge in [-0.05, 0) is 79.4 Å². The summed E-state index contributed by atoms with van der Waals surface area (Å²) in [4.78, 5) is 18.4. The van der Waals surface area contributed by atoms with Crippen LogP contribution in [0.1, 0.15) is 47.4 Å². The number of aryl methyl sites for hydroxylation is 1. The van der Waals surface area contributed by atoms with Crippen molar-refractivity contribution in [3.63, 3.8) is 0 Å². The zero-order chi connectivity index (χ0) is 18.1. The number of aromatic carboxylic acids is 1. The lowest BCUT2D eigenvalue weighted by Gasteiger charge is -2.31. The summed E-state index contributed by atoms with van der Waals surface area (Å²) in [6, 6.07) is 7.47. The first-order chi connectivity index (χ1) is 12.7. The van der Waals surface area contributed by atoms with Crippen LogP contribution in [0.15, 0.2) is 35.0 Å². The van der Waals surface area contributed by atoms with Crippen LogP contribution in [-0.4, -0.2) is 38.6 Å². The minimum Gasteiger partial charge on any atom is -0.478 e. The van der Waals surface area contributed by atoms with E-state index >= 15 is 0 Å². The molecule has 3 aromatic rings. The number of carboxylic acids is 1. The first-order valence-corrected chi connectivity index (χ1v) is 10.1. The molecule has 5 nitrogen and oxygen atoms in total. The van der Waals surface area contributed by atoms with Gasteiger partial charge in [-0.25, -0.2) is 9.78 Å². The van der Waals surface area contributed by atoms with E-state index in [0.29, 0.717) is 11.5 Å². The Bertz CT molecular complexity index is 909. The number of aromatic nitrogens is 2. The van der Waals surface area contributed by atoms with Crippen molar-refractivity contribution in [2.45, 2.75) is 38.8 Å². The zero-order valence-corrected chi connectivity index (χ0v) is 15.7. The van der Waals surface area contributed by atoms with Gasteiger partial charge in [0.2, 0.25) is 0 Å². The average Bonchev–Trinajstić information content (AvgIpc) is 3.29. The monoisotopic (exact) mass is 369 g/mol. The molecule has 2 aromatic heterocycles. The standard InChI is InChI=1S/C20H23N3O2S/c1-2-23-18-4-3-15(20(24)25)11-17(18)21-19(23)12-22-8-5-14(6-9-22)16-7-10-26-13-16/h3-4,7,10-11,13-14H,2,5-6,8-9,12H2,1H3,(H,24,25). The van der Waals surface area contributed by atoms with Crippen LogP contribution in [0.25, 0.3) is 11.0 Å². The molecular formula is C20H23N3O2S. The van der Waals surface area contributed by atoms with Gasteiger partial charge in [0, 0.05) is 6.54 Å². The maximum atomic E-state index is 11.2. The summed E-state index contributed by atoms with van der Waals surface area (Å²) in [6.07, 6.45) is 2.37. The van der Waals surface area contributed by atoms with E-state index in [2.05, 4.69) is 33.2 Å². The fourth-order valence-corrected chi connectivity index (χ4v) is 4.66. The largest absolute Gasteiger partial charge is 0.478 e. The lowest BCUT2D eigenvalue weighted by molar-refractivity contribution is 0.0697. The second kappa shape index (κ2) is 7.21. The number of nitrogens with zero attached hydrogens (tertiary/aromatic N) is 3. The van der Waals surface area contributed by atoms with Crippen LogP contribution in [0.5, 0.6) is 0 Å². The highest BCUT2D eigenvalue weighted by Gasteiger charge is 2.22. The quantitative estimate of drug-likeness (QED) is 0.732. The Balaban J connectivity index is 1.51. The van der Waals surface area contributed by atoms with Crippen LogP contribution in [-0.2, 0) is 13.1 Å². The first kappa shape index (κ1) is 17.2. The fourth-order valence-electron chi connectivity index (χ4n) is 3.92. The van der Waals surface area contributed by atoms with Crippen LogP contribution in [0.4, 0.5) is 0 Å². The van der Waals surface area contributed by atoms with Crippen LogP contribution in [0, 0.1) is 0 Å². The van der Waals surface area contributed by atoms with E-state index in [1.165, 1.54) is 18.4 Å². The lowest BCUT2D eigenvalue weighted by atomic mass is 9.91. The lowest BCUT2D eigenvalue weighted by Crippen LogP contribution is -2.33. The molecule has 0 radical (unpaired) electrons. The number of hydrogen-bond donors (Lipinski definition) is 1. The van der Waals surface area contributed by atoms with E-state index in [1.54, 1.807) is 23.5 Å². The van der Waals surface area contributed by atoms with Gasteiger partial charge >= 0.3 is 5.97 Å². The predicted octanol–water partition coefficient (Wildman–Crippen LogP) is 4.20. The number of carbonyl (C=O) groups is 1. The topological polar surface area (TPSA) is 58.4 Å². The maximum Gasteiger partial charge on any atom is 0.335 e. The molecule has 0 bridgehead atoms. The van der Waals surface area contributed by atoms with Crippen molar-refractivity contribution in [1.29, 1.82) is 0 Å². The minimum atomic E-state index is -0.907. The molecule has 1 aliphatic rings. The molecule has 1 fully saturated rings. The number of rotatable bonds is 5. The molecule has 1 saturated heterocycles. The Kier molecular flexibility index (Phi) is 4.78. The van der Waals surface area contributed by atoms with Crippen LogP contribution < -0.4 is 0 Å². The van der Waals surface area contributed by atoms with Gasteiger partial charge in [0.1, 0.15) is 5.82 Å². The summed E-state index contributed by atoms with van der Waals surface area (Å²) in [5.41, 5.74) is 3.56. The zero-order valence-electron chi connectivity index (χ0n) is 14.9. The molecule has 0 atom stereocenters. The Labute approximate surface area is 156 Å².